The number of carboxylic acids is 1. The molecule has 0 unspecified atom stereocenters. The second-order valence-electron chi connectivity index (χ2n) is 3.51. The molecule has 2 aromatic heterocycles. The van der Waals surface area contributed by atoms with Gasteiger partial charge in [-0.1, -0.05) is 5.21 Å². The van der Waals surface area contributed by atoms with E-state index in [9.17, 15) is 9.59 Å². The fraction of sp³-hybridized carbons (Fsp3) is 0.200. The highest BCUT2D eigenvalue weighted by Gasteiger charge is 2.10. The number of nitrogens with one attached hydrogen (secondary N) is 1. The Balaban J connectivity index is 1.85. The van der Waals surface area contributed by atoms with E-state index in [-0.39, 0.29) is 18.1 Å². The SMILES string of the molecule is O=C(Cn1cc(C(=O)O)nn1)NCc1ccsc1. The van der Waals surface area contributed by atoms with Crippen molar-refractivity contribution in [3.8, 4) is 0 Å². The van der Waals surface area contributed by atoms with Gasteiger partial charge in [0.2, 0.25) is 5.91 Å². The Bertz CT molecular complexity index is 549. The molecule has 0 atom stereocenters. The predicted molar refractivity (Wildman–Crippen MR) is 63.1 cm³/mol. The molecule has 0 aliphatic carbocycles. The minimum Gasteiger partial charge on any atom is -0.476 e. The van der Waals surface area contributed by atoms with E-state index < -0.39 is 5.97 Å². The summed E-state index contributed by atoms with van der Waals surface area (Å²) >= 11 is 1.56. The van der Waals surface area contributed by atoms with Crippen LogP contribution in [0.2, 0.25) is 0 Å². The van der Waals surface area contributed by atoms with Crippen LogP contribution >= 0.6 is 11.3 Å². The Labute approximate surface area is 106 Å². The van der Waals surface area contributed by atoms with Crippen LogP contribution < -0.4 is 5.32 Å². The van der Waals surface area contributed by atoms with Gasteiger partial charge in [0.15, 0.2) is 5.69 Å². The molecule has 0 bridgehead atoms. The smallest absolute Gasteiger partial charge is 0.358 e. The number of carbonyl (C=O) groups excluding carboxylic acids is 1. The Morgan fingerprint density at radius 2 is 2.33 bits per heavy atom. The number of thiophene rings is 1. The van der Waals surface area contributed by atoms with E-state index in [1.807, 2.05) is 16.8 Å². The Morgan fingerprint density at radius 3 is 2.94 bits per heavy atom. The van der Waals surface area contributed by atoms with Crippen LogP contribution in [-0.2, 0) is 17.9 Å². The van der Waals surface area contributed by atoms with E-state index in [1.165, 1.54) is 10.9 Å². The van der Waals surface area contributed by atoms with Crippen molar-refractivity contribution in [2.24, 2.45) is 0 Å². The number of aromatic nitrogens is 3. The lowest BCUT2D eigenvalue weighted by Crippen LogP contribution is -2.27. The monoisotopic (exact) mass is 266 g/mol. The highest BCUT2D eigenvalue weighted by molar-refractivity contribution is 7.07. The van der Waals surface area contributed by atoms with Gasteiger partial charge in [0, 0.05) is 6.54 Å². The van der Waals surface area contributed by atoms with Crippen LogP contribution in [0.15, 0.2) is 23.0 Å². The van der Waals surface area contributed by atoms with Crippen LogP contribution in [0.4, 0.5) is 0 Å². The van der Waals surface area contributed by atoms with Crippen molar-refractivity contribution in [2.75, 3.05) is 0 Å². The summed E-state index contributed by atoms with van der Waals surface area (Å²) in [6.45, 7) is 0.396. The molecule has 18 heavy (non-hydrogen) atoms. The van der Waals surface area contributed by atoms with Crippen molar-refractivity contribution in [1.29, 1.82) is 0 Å². The van der Waals surface area contributed by atoms with E-state index in [4.69, 9.17) is 5.11 Å². The first-order valence-electron chi connectivity index (χ1n) is 5.06. The number of carbonyl (C=O) groups is 2. The molecule has 7 nitrogen and oxygen atoms in total. The lowest BCUT2D eigenvalue weighted by molar-refractivity contribution is -0.122. The summed E-state index contributed by atoms with van der Waals surface area (Å²) in [5.74, 6) is -1.41. The molecule has 0 saturated carbocycles. The minimum atomic E-state index is -1.17. The molecule has 2 rings (SSSR count). The molecule has 94 valence electrons. The molecule has 8 heteroatoms. The van der Waals surface area contributed by atoms with Crippen LogP contribution in [0.5, 0.6) is 0 Å². The summed E-state index contributed by atoms with van der Waals surface area (Å²) < 4.78 is 1.19. The lowest BCUT2D eigenvalue weighted by Gasteiger charge is -2.02. The summed E-state index contributed by atoms with van der Waals surface area (Å²) in [5, 5.41) is 22.2. The van der Waals surface area contributed by atoms with Gasteiger partial charge < -0.3 is 10.4 Å². The molecule has 2 heterocycles. The van der Waals surface area contributed by atoms with Crippen LogP contribution in [-0.4, -0.2) is 32.0 Å². The molecular formula is C10H10N4O3S. The van der Waals surface area contributed by atoms with Gasteiger partial charge >= 0.3 is 5.97 Å². The maximum atomic E-state index is 11.5. The second-order valence-corrected chi connectivity index (χ2v) is 4.29. The first-order valence-corrected chi connectivity index (χ1v) is 6.00. The summed E-state index contributed by atoms with van der Waals surface area (Å²) in [6.07, 6.45) is 1.21. The van der Waals surface area contributed by atoms with Crippen molar-refractivity contribution < 1.29 is 14.7 Å². The lowest BCUT2D eigenvalue weighted by atomic mass is 10.3. The molecule has 0 aliphatic rings. The minimum absolute atomic E-state index is 0.0512. The highest BCUT2D eigenvalue weighted by atomic mass is 32.1. The summed E-state index contributed by atoms with van der Waals surface area (Å²) in [6, 6.07) is 1.92. The average molecular weight is 266 g/mol. The summed E-state index contributed by atoms with van der Waals surface area (Å²) in [5.41, 5.74) is 0.846. The number of hydrogen-bond acceptors (Lipinski definition) is 5. The van der Waals surface area contributed by atoms with Crippen molar-refractivity contribution >= 4 is 23.2 Å². The first-order chi connectivity index (χ1) is 8.65. The van der Waals surface area contributed by atoms with Gasteiger partial charge in [-0.15, -0.1) is 5.10 Å². The Morgan fingerprint density at radius 1 is 1.50 bits per heavy atom. The van der Waals surface area contributed by atoms with E-state index in [0.717, 1.165) is 5.56 Å². The molecule has 2 N–H and O–H groups in total. The van der Waals surface area contributed by atoms with Crippen molar-refractivity contribution in [1.82, 2.24) is 20.3 Å². The molecule has 1 amide bonds. The van der Waals surface area contributed by atoms with Gasteiger partial charge in [-0.2, -0.15) is 11.3 Å². The standard InChI is InChI=1S/C10H10N4O3S/c15-9(11-3-7-1-2-18-6-7)5-14-4-8(10(16)17)12-13-14/h1-2,4,6H,3,5H2,(H,11,15)(H,16,17). The van der Waals surface area contributed by atoms with Crippen molar-refractivity contribution in [3.63, 3.8) is 0 Å². The number of amides is 1. The topological polar surface area (TPSA) is 97.1 Å². The first kappa shape index (κ1) is 12.2. The second kappa shape index (κ2) is 5.41. The van der Waals surface area contributed by atoms with Gasteiger partial charge in [0.05, 0.1) is 6.20 Å². The zero-order valence-electron chi connectivity index (χ0n) is 9.24. The number of carboxylic acid groups (broad SMARTS) is 1. The highest BCUT2D eigenvalue weighted by Crippen LogP contribution is 2.04. The van der Waals surface area contributed by atoms with Gasteiger partial charge in [0.1, 0.15) is 6.54 Å². The van der Waals surface area contributed by atoms with Crippen LogP contribution in [0.1, 0.15) is 16.1 Å². The molecule has 0 spiro atoms. The van der Waals surface area contributed by atoms with Gasteiger partial charge in [-0.25, -0.2) is 9.48 Å². The third-order valence-electron chi connectivity index (χ3n) is 2.13. The molecular weight excluding hydrogens is 256 g/mol. The zero-order chi connectivity index (χ0) is 13.0. The van der Waals surface area contributed by atoms with E-state index >= 15 is 0 Å². The fourth-order valence-corrected chi connectivity index (χ4v) is 1.94. The molecule has 2 aromatic rings. The molecule has 0 radical (unpaired) electrons. The van der Waals surface area contributed by atoms with Crippen LogP contribution in [0, 0.1) is 0 Å². The third-order valence-corrected chi connectivity index (χ3v) is 2.87. The van der Waals surface area contributed by atoms with Crippen LogP contribution in [0.25, 0.3) is 0 Å². The predicted octanol–water partition coefficient (Wildman–Crippen LogP) is 0.354. The van der Waals surface area contributed by atoms with Crippen molar-refractivity contribution in [2.45, 2.75) is 13.1 Å². The zero-order valence-corrected chi connectivity index (χ0v) is 10.1. The maximum Gasteiger partial charge on any atom is 0.358 e. The summed E-state index contributed by atoms with van der Waals surface area (Å²) in [4.78, 5) is 22.1. The maximum absolute atomic E-state index is 11.5. The van der Waals surface area contributed by atoms with Gasteiger partial charge in [-0.3, -0.25) is 4.79 Å². The van der Waals surface area contributed by atoms with E-state index in [2.05, 4.69) is 15.6 Å². The molecule has 0 aromatic carbocycles. The average Bonchev–Trinajstić information content (AvgIpc) is 2.96. The van der Waals surface area contributed by atoms with E-state index in [0.29, 0.717) is 6.54 Å². The normalized spacial score (nSPS) is 10.2. The molecule has 0 aliphatic heterocycles. The largest absolute Gasteiger partial charge is 0.476 e. The number of aromatic carboxylic acids is 1. The quantitative estimate of drug-likeness (QED) is 0.814. The van der Waals surface area contributed by atoms with Gasteiger partial charge in [0.25, 0.3) is 0 Å². The molecule has 0 fully saturated rings. The number of hydrogen-bond donors (Lipinski definition) is 2. The van der Waals surface area contributed by atoms with E-state index in [1.54, 1.807) is 11.3 Å². The molecule has 0 saturated heterocycles. The third kappa shape index (κ3) is 3.14. The summed E-state index contributed by atoms with van der Waals surface area (Å²) in [7, 11) is 0. The van der Waals surface area contributed by atoms with Crippen molar-refractivity contribution in [3.05, 3.63) is 34.3 Å². The number of nitrogens with zero attached hydrogens (tertiary/aromatic N) is 3. The Hall–Kier alpha value is -2.22. The van der Waals surface area contributed by atoms with Gasteiger partial charge in [-0.05, 0) is 22.4 Å². The van der Waals surface area contributed by atoms with Crippen LogP contribution in [0.3, 0.4) is 0 Å². The number of rotatable bonds is 5. The fourth-order valence-electron chi connectivity index (χ4n) is 1.27. The Kier molecular flexibility index (Phi) is 3.68.